The highest BCUT2D eigenvalue weighted by atomic mass is 16.1. The van der Waals surface area contributed by atoms with Crippen molar-refractivity contribution in [3.05, 3.63) is 72.2 Å². The van der Waals surface area contributed by atoms with Crippen molar-refractivity contribution in [3.63, 3.8) is 0 Å². The highest BCUT2D eigenvalue weighted by Crippen LogP contribution is 2.25. The van der Waals surface area contributed by atoms with E-state index in [1.54, 1.807) is 23.2 Å². The molecule has 0 saturated heterocycles. The molecule has 1 aliphatic carbocycles. The van der Waals surface area contributed by atoms with Crippen LogP contribution in [0, 0.1) is 11.3 Å². The Labute approximate surface area is 169 Å². The van der Waals surface area contributed by atoms with Crippen LogP contribution in [0.5, 0.6) is 0 Å². The molecule has 29 heavy (non-hydrogen) atoms. The molecule has 2 heterocycles. The average molecular weight is 383 g/mol. The van der Waals surface area contributed by atoms with Gasteiger partial charge in [-0.25, -0.2) is 4.68 Å². The van der Waals surface area contributed by atoms with Gasteiger partial charge >= 0.3 is 0 Å². The Morgan fingerprint density at radius 1 is 1.14 bits per heavy atom. The molecule has 6 nitrogen and oxygen atoms in total. The van der Waals surface area contributed by atoms with Crippen molar-refractivity contribution in [2.45, 2.75) is 31.7 Å². The lowest BCUT2D eigenvalue weighted by Gasteiger charge is -2.10. The molecule has 144 valence electrons. The smallest absolute Gasteiger partial charge is 0.262 e. The summed E-state index contributed by atoms with van der Waals surface area (Å²) in [5.74, 6) is -0.326. The summed E-state index contributed by atoms with van der Waals surface area (Å²) < 4.78 is 1.76. The Hall–Kier alpha value is -3.72. The van der Waals surface area contributed by atoms with Crippen LogP contribution in [0.25, 0.3) is 23.0 Å². The number of nitrogens with zero attached hydrogens (tertiary/aromatic N) is 4. The topological polar surface area (TPSA) is 83.6 Å². The number of para-hydroxylation sites is 1. The summed E-state index contributed by atoms with van der Waals surface area (Å²) in [7, 11) is 0. The Balaban J connectivity index is 1.72. The molecule has 1 fully saturated rings. The van der Waals surface area contributed by atoms with E-state index in [1.165, 1.54) is 0 Å². The number of rotatable bonds is 5. The summed E-state index contributed by atoms with van der Waals surface area (Å²) in [6, 6.07) is 15.7. The minimum atomic E-state index is -0.326. The summed E-state index contributed by atoms with van der Waals surface area (Å²) in [6.07, 6.45) is 11.0. The van der Waals surface area contributed by atoms with Crippen molar-refractivity contribution < 1.29 is 4.79 Å². The first-order valence-corrected chi connectivity index (χ1v) is 9.73. The molecule has 1 N–H and O–H groups in total. The molecule has 2 aromatic heterocycles. The van der Waals surface area contributed by atoms with E-state index in [2.05, 4.69) is 16.4 Å². The number of nitriles is 1. The van der Waals surface area contributed by atoms with Crippen LogP contribution in [0.4, 0.5) is 0 Å². The van der Waals surface area contributed by atoms with Gasteiger partial charge in [0.15, 0.2) is 0 Å². The predicted molar refractivity (Wildman–Crippen MR) is 111 cm³/mol. The first-order chi connectivity index (χ1) is 14.2. The molecule has 1 aromatic carbocycles. The Kier molecular flexibility index (Phi) is 5.48. The first kappa shape index (κ1) is 18.6. The van der Waals surface area contributed by atoms with Gasteiger partial charge in [0.25, 0.3) is 5.91 Å². The molecule has 0 spiro atoms. The number of carbonyl (C=O) groups excluding carboxylic acids is 1. The van der Waals surface area contributed by atoms with Crippen LogP contribution in [0.1, 0.15) is 31.2 Å². The molecule has 6 heteroatoms. The maximum atomic E-state index is 12.6. The number of carbonyl (C=O) groups is 1. The number of nitrogens with one attached hydrogen (secondary N) is 1. The molecule has 1 amide bonds. The van der Waals surface area contributed by atoms with Gasteiger partial charge in [-0.15, -0.1) is 0 Å². The number of pyridine rings is 1. The quantitative estimate of drug-likeness (QED) is 0.535. The van der Waals surface area contributed by atoms with Gasteiger partial charge in [0.05, 0.1) is 5.69 Å². The first-order valence-electron chi connectivity index (χ1n) is 9.73. The molecule has 0 atom stereocenters. The summed E-state index contributed by atoms with van der Waals surface area (Å²) in [6.45, 7) is 0. The van der Waals surface area contributed by atoms with Crippen molar-refractivity contribution in [2.75, 3.05) is 0 Å². The second-order valence-electron chi connectivity index (χ2n) is 7.07. The molecule has 0 bridgehead atoms. The number of amides is 1. The minimum absolute atomic E-state index is 0.0832. The van der Waals surface area contributed by atoms with E-state index in [0.717, 1.165) is 36.9 Å². The van der Waals surface area contributed by atoms with E-state index in [9.17, 15) is 10.1 Å². The molecule has 1 saturated carbocycles. The summed E-state index contributed by atoms with van der Waals surface area (Å²) in [5.41, 5.74) is 3.25. The highest BCUT2D eigenvalue weighted by Gasteiger charge is 2.20. The normalized spacial score (nSPS) is 14.5. The maximum Gasteiger partial charge on any atom is 0.262 e. The van der Waals surface area contributed by atoms with Crippen molar-refractivity contribution in [2.24, 2.45) is 0 Å². The third kappa shape index (κ3) is 4.25. The second kappa shape index (κ2) is 8.53. The van der Waals surface area contributed by atoms with Gasteiger partial charge in [-0.2, -0.15) is 10.4 Å². The molecule has 4 rings (SSSR count). The van der Waals surface area contributed by atoms with E-state index in [1.807, 2.05) is 48.7 Å². The third-order valence-corrected chi connectivity index (χ3v) is 5.07. The lowest BCUT2D eigenvalue weighted by atomic mass is 10.1. The van der Waals surface area contributed by atoms with Crippen molar-refractivity contribution in [3.8, 4) is 23.0 Å². The van der Waals surface area contributed by atoms with E-state index < -0.39 is 0 Å². The molecule has 0 radical (unpaired) electrons. The molecule has 0 unspecified atom stereocenters. The van der Waals surface area contributed by atoms with Gasteiger partial charge in [-0.3, -0.25) is 9.78 Å². The standard InChI is InChI=1S/C23H21N5O/c24-15-18(23(29)26-20-6-4-5-7-20)14-19-16-28(21-8-2-1-3-9-21)27-22(19)17-10-12-25-13-11-17/h1-3,8-14,16,20H,4-7H2,(H,26,29)/b18-14-. The van der Waals surface area contributed by atoms with Crippen molar-refractivity contribution in [1.82, 2.24) is 20.1 Å². The average Bonchev–Trinajstić information content (AvgIpc) is 3.43. The maximum absolute atomic E-state index is 12.6. The van der Waals surface area contributed by atoms with E-state index in [4.69, 9.17) is 5.10 Å². The monoisotopic (exact) mass is 383 g/mol. The van der Waals surface area contributed by atoms with Crippen LogP contribution in [0.3, 0.4) is 0 Å². The number of hydrogen-bond donors (Lipinski definition) is 1. The van der Waals surface area contributed by atoms with Crippen LogP contribution in [-0.2, 0) is 4.79 Å². The number of aromatic nitrogens is 3. The van der Waals surface area contributed by atoms with Crippen molar-refractivity contribution >= 4 is 12.0 Å². The summed E-state index contributed by atoms with van der Waals surface area (Å²) >= 11 is 0. The van der Waals surface area contributed by atoms with Crippen LogP contribution in [0.15, 0.2) is 66.6 Å². The van der Waals surface area contributed by atoms with Gasteiger partial charge in [0.1, 0.15) is 17.3 Å². The Morgan fingerprint density at radius 2 is 1.86 bits per heavy atom. The minimum Gasteiger partial charge on any atom is -0.349 e. The predicted octanol–water partition coefficient (Wildman–Crippen LogP) is 3.90. The SMILES string of the molecule is N#C/C(=C/c1cn(-c2ccccc2)nc1-c1ccncc1)C(=O)NC1CCCC1. The summed E-state index contributed by atoms with van der Waals surface area (Å²) in [4.78, 5) is 16.7. The zero-order chi connectivity index (χ0) is 20.1. The van der Waals surface area contributed by atoms with Crippen LogP contribution in [0.2, 0.25) is 0 Å². The lowest BCUT2D eigenvalue weighted by Crippen LogP contribution is -2.33. The van der Waals surface area contributed by atoms with Gasteiger partial charge in [0, 0.05) is 35.8 Å². The molecule has 3 aromatic rings. The van der Waals surface area contributed by atoms with Gasteiger partial charge in [-0.1, -0.05) is 31.0 Å². The van der Waals surface area contributed by atoms with Crippen LogP contribution < -0.4 is 5.32 Å². The summed E-state index contributed by atoms with van der Waals surface area (Å²) in [5, 5.41) is 17.3. The Morgan fingerprint density at radius 3 is 2.55 bits per heavy atom. The fraction of sp³-hybridized carbons (Fsp3) is 0.217. The fourth-order valence-electron chi connectivity index (χ4n) is 3.58. The zero-order valence-electron chi connectivity index (χ0n) is 16.0. The molecular weight excluding hydrogens is 362 g/mol. The highest BCUT2D eigenvalue weighted by molar-refractivity contribution is 6.02. The van der Waals surface area contributed by atoms with Gasteiger partial charge < -0.3 is 5.32 Å². The molecule has 1 aliphatic rings. The molecule has 0 aliphatic heterocycles. The van der Waals surface area contributed by atoms with Crippen LogP contribution >= 0.6 is 0 Å². The Bertz CT molecular complexity index is 1060. The third-order valence-electron chi connectivity index (χ3n) is 5.07. The van der Waals surface area contributed by atoms with Crippen LogP contribution in [-0.4, -0.2) is 26.7 Å². The lowest BCUT2D eigenvalue weighted by molar-refractivity contribution is -0.117. The molecular formula is C23H21N5O. The zero-order valence-corrected chi connectivity index (χ0v) is 16.0. The van der Waals surface area contributed by atoms with E-state index in [-0.39, 0.29) is 17.5 Å². The second-order valence-corrected chi connectivity index (χ2v) is 7.07. The van der Waals surface area contributed by atoms with Crippen molar-refractivity contribution in [1.29, 1.82) is 5.26 Å². The number of hydrogen-bond acceptors (Lipinski definition) is 4. The largest absolute Gasteiger partial charge is 0.349 e. The van der Waals surface area contributed by atoms with E-state index in [0.29, 0.717) is 11.3 Å². The van der Waals surface area contributed by atoms with Gasteiger partial charge in [-0.05, 0) is 43.2 Å². The fourth-order valence-corrected chi connectivity index (χ4v) is 3.58. The van der Waals surface area contributed by atoms with Gasteiger partial charge in [0.2, 0.25) is 0 Å². The number of benzene rings is 1. The van der Waals surface area contributed by atoms with E-state index >= 15 is 0 Å².